The van der Waals surface area contributed by atoms with Crippen molar-refractivity contribution in [2.45, 2.75) is 18.2 Å². The van der Waals surface area contributed by atoms with Gasteiger partial charge in [0.05, 0.1) is 0 Å². The monoisotopic (exact) mass is 254 g/mol. The van der Waals surface area contributed by atoms with Crippen LogP contribution in [-0.2, 0) is 0 Å². The van der Waals surface area contributed by atoms with Crippen LogP contribution in [0.5, 0.6) is 0 Å². The molecule has 1 rings (SSSR count). The van der Waals surface area contributed by atoms with Gasteiger partial charge in [-0.2, -0.15) is 23.5 Å². The Bertz CT molecular complexity index is 108. The van der Waals surface area contributed by atoms with Crippen molar-refractivity contribution in [1.29, 1.82) is 0 Å². The minimum absolute atomic E-state index is 0.796. The Labute approximate surface area is 86.4 Å². The minimum Gasteiger partial charge on any atom is -0.162 e. The maximum atomic E-state index is 3.73. The highest BCUT2D eigenvalue weighted by atomic mass is 79.9. The number of thioether (sulfide) groups is 2. The molecule has 1 heterocycles. The zero-order chi connectivity index (χ0) is 8.10. The van der Waals surface area contributed by atoms with Gasteiger partial charge in [-0.3, -0.25) is 0 Å². The van der Waals surface area contributed by atoms with E-state index >= 15 is 0 Å². The highest BCUT2D eigenvalue weighted by molar-refractivity contribution is 9.09. The van der Waals surface area contributed by atoms with Crippen LogP contribution in [0.15, 0.2) is 0 Å². The highest BCUT2D eigenvalue weighted by Crippen LogP contribution is 2.32. The number of rotatable bonds is 4. The molecular weight excluding hydrogens is 240 g/mol. The van der Waals surface area contributed by atoms with Crippen molar-refractivity contribution < 1.29 is 0 Å². The van der Waals surface area contributed by atoms with E-state index in [-0.39, 0.29) is 0 Å². The van der Waals surface area contributed by atoms with Crippen LogP contribution in [-0.4, -0.2) is 27.8 Å². The lowest BCUT2D eigenvalue weighted by Gasteiger charge is -2.11. The Hall–Kier alpha value is 1.18. The normalized spacial score (nSPS) is 31.1. The van der Waals surface area contributed by atoms with Gasteiger partial charge in [0.15, 0.2) is 0 Å². The molecule has 0 N–H and O–H groups in total. The van der Waals surface area contributed by atoms with Crippen molar-refractivity contribution in [2.75, 3.05) is 23.0 Å². The van der Waals surface area contributed by atoms with E-state index in [1.54, 1.807) is 0 Å². The molecule has 0 aromatic rings. The largest absolute Gasteiger partial charge is 0.162 e. The van der Waals surface area contributed by atoms with E-state index < -0.39 is 0 Å². The molecule has 1 fully saturated rings. The second-order valence-electron chi connectivity index (χ2n) is 2.80. The van der Waals surface area contributed by atoms with Crippen molar-refractivity contribution in [1.82, 2.24) is 0 Å². The molecular formula is C8H15BrS2. The van der Waals surface area contributed by atoms with Crippen LogP contribution < -0.4 is 0 Å². The van der Waals surface area contributed by atoms with Gasteiger partial charge in [-0.05, 0) is 29.6 Å². The molecule has 2 atom stereocenters. The van der Waals surface area contributed by atoms with E-state index in [0.29, 0.717) is 0 Å². The van der Waals surface area contributed by atoms with Crippen LogP contribution in [0.25, 0.3) is 0 Å². The summed E-state index contributed by atoms with van der Waals surface area (Å²) < 4.78 is 0. The molecule has 0 nitrogen and oxygen atoms in total. The molecule has 3 heteroatoms. The van der Waals surface area contributed by atoms with Gasteiger partial charge in [-0.15, -0.1) is 0 Å². The molecule has 2 unspecified atom stereocenters. The average molecular weight is 255 g/mol. The van der Waals surface area contributed by atoms with E-state index in [1.807, 2.05) is 0 Å². The molecule has 0 aromatic heterocycles. The Morgan fingerprint density at radius 1 is 1.55 bits per heavy atom. The molecule has 0 saturated carbocycles. The second-order valence-corrected chi connectivity index (χ2v) is 6.44. The second kappa shape index (κ2) is 5.76. The van der Waals surface area contributed by atoms with Gasteiger partial charge in [-0.1, -0.05) is 22.9 Å². The van der Waals surface area contributed by atoms with Gasteiger partial charge < -0.3 is 0 Å². The van der Waals surface area contributed by atoms with Gasteiger partial charge in [0, 0.05) is 10.6 Å². The molecule has 0 radical (unpaired) electrons. The first-order valence-electron chi connectivity index (χ1n) is 4.14. The summed E-state index contributed by atoms with van der Waals surface area (Å²) in [4.78, 5) is 0.796. The molecule has 0 spiro atoms. The van der Waals surface area contributed by atoms with Crippen molar-refractivity contribution in [3.8, 4) is 0 Å². The summed E-state index contributed by atoms with van der Waals surface area (Å²) in [5.41, 5.74) is 0. The number of hydrogen-bond acceptors (Lipinski definition) is 2. The smallest absolute Gasteiger partial charge is 0.0272 e. The van der Waals surface area contributed by atoms with E-state index in [0.717, 1.165) is 10.7 Å². The Morgan fingerprint density at radius 2 is 2.36 bits per heavy atom. The molecule has 66 valence electrons. The van der Waals surface area contributed by atoms with Gasteiger partial charge in [0.1, 0.15) is 0 Å². The van der Waals surface area contributed by atoms with Crippen molar-refractivity contribution in [3.63, 3.8) is 0 Å². The van der Waals surface area contributed by atoms with Crippen molar-refractivity contribution >= 4 is 39.5 Å². The Balaban J connectivity index is 2.05. The Kier molecular flexibility index (Phi) is 5.38. The lowest BCUT2D eigenvalue weighted by Crippen LogP contribution is -2.11. The standard InChI is InChI=1S/C8H15BrS2/c1-2-10-4-3-7-5-11-6-8(7)9/h7-8H,2-6H2,1H3. The zero-order valence-electron chi connectivity index (χ0n) is 6.88. The molecule has 0 aromatic carbocycles. The van der Waals surface area contributed by atoms with Crippen LogP contribution in [0.1, 0.15) is 13.3 Å². The topological polar surface area (TPSA) is 0 Å². The fraction of sp³-hybridized carbons (Fsp3) is 1.00. The molecule has 0 aliphatic carbocycles. The average Bonchev–Trinajstić information content (AvgIpc) is 2.37. The quantitative estimate of drug-likeness (QED) is 0.558. The Morgan fingerprint density at radius 3 is 2.91 bits per heavy atom. The zero-order valence-corrected chi connectivity index (χ0v) is 10.1. The van der Waals surface area contributed by atoms with E-state index in [4.69, 9.17) is 0 Å². The first-order chi connectivity index (χ1) is 5.34. The fourth-order valence-corrected chi connectivity index (χ4v) is 4.57. The minimum atomic E-state index is 0.796. The first kappa shape index (κ1) is 10.3. The van der Waals surface area contributed by atoms with Gasteiger partial charge in [-0.25, -0.2) is 0 Å². The summed E-state index contributed by atoms with van der Waals surface area (Å²) in [6.45, 7) is 2.24. The summed E-state index contributed by atoms with van der Waals surface area (Å²) in [5.74, 6) is 6.26. The SMILES string of the molecule is CCSCCC1CSCC1Br. The molecule has 1 aliphatic heterocycles. The summed E-state index contributed by atoms with van der Waals surface area (Å²) >= 11 is 7.89. The first-order valence-corrected chi connectivity index (χ1v) is 7.36. The predicted molar refractivity (Wildman–Crippen MR) is 61.1 cm³/mol. The molecule has 0 amide bonds. The summed E-state index contributed by atoms with van der Waals surface area (Å²) in [7, 11) is 0. The summed E-state index contributed by atoms with van der Waals surface area (Å²) in [6.07, 6.45) is 1.40. The molecule has 0 bridgehead atoms. The number of hydrogen-bond donors (Lipinski definition) is 0. The van der Waals surface area contributed by atoms with E-state index in [2.05, 4.69) is 46.4 Å². The predicted octanol–water partition coefficient (Wildman–Crippen LogP) is 3.26. The van der Waals surface area contributed by atoms with Crippen LogP contribution in [0.3, 0.4) is 0 Å². The lowest BCUT2D eigenvalue weighted by molar-refractivity contribution is 0.603. The molecule has 1 aliphatic rings. The van der Waals surface area contributed by atoms with Crippen LogP contribution in [0, 0.1) is 5.92 Å². The van der Waals surface area contributed by atoms with Crippen LogP contribution in [0.2, 0.25) is 0 Å². The fourth-order valence-electron chi connectivity index (χ4n) is 1.22. The molecule has 1 saturated heterocycles. The molecule has 11 heavy (non-hydrogen) atoms. The number of halogens is 1. The van der Waals surface area contributed by atoms with E-state index in [1.165, 1.54) is 29.4 Å². The van der Waals surface area contributed by atoms with Crippen LogP contribution >= 0.6 is 39.5 Å². The van der Waals surface area contributed by atoms with Gasteiger partial charge in [0.2, 0.25) is 0 Å². The summed E-state index contributed by atoms with van der Waals surface area (Å²) in [6, 6.07) is 0. The number of alkyl halides is 1. The van der Waals surface area contributed by atoms with E-state index in [9.17, 15) is 0 Å². The maximum absolute atomic E-state index is 3.73. The van der Waals surface area contributed by atoms with Crippen molar-refractivity contribution in [3.05, 3.63) is 0 Å². The third kappa shape index (κ3) is 3.60. The van der Waals surface area contributed by atoms with Crippen LogP contribution in [0.4, 0.5) is 0 Å². The van der Waals surface area contributed by atoms with Gasteiger partial charge >= 0.3 is 0 Å². The maximum Gasteiger partial charge on any atom is 0.0272 e. The third-order valence-corrected chi connectivity index (χ3v) is 5.65. The third-order valence-electron chi connectivity index (χ3n) is 1.96. The summed E-state index contributed by atoms with van der Waals surface area (Å²) in [5, 5.41) is 0. The highest BCUT2D eigenvalue weighted by Gasteiger charge is 2.24. The van der Waals surface area contributed by atoms with Gasteiger partial charge in [0.25, 0.3) is 0 Å². The van der Waals surface area contributed by atoms with Crippen molar-refractivity contribution in [2.24, 2.45) is 5.92 Å². The lowest BCUT2D eigenvalue weighted by atomic mass is 10.1.